The fourth-order valence-electron chi connectivity index (χ4n) is 3.27. The minimum atomic E-state index is 0.369. The molecule has 3 nitrogen and oxygen atoms in total. The zero-order chi connectivity index (χ0) is 16.6. The predicted molar refractivity (Wildman–Crippen MR) is 95.8 cm³/mol. The summed E-state index contributed by atoms with van der Waals surface area (Å²) in [5.74, 6) is 0.696. The quantitative estimate of drug-likeness (QED) is 0.565. The van der Waals surface area contributed by atoms with Crippen molar-refractivity contribution in [2.75, 3.05) is 0 Å². The lowest BCUT2D eigenvalue weighted by atomic mass is 9.84. The highest BCUT2D eigenvalue weighted by Crippen LogP contribution is 2.32. The molecular formula is C21H22N2O. The van der Waals surface area contributed by atoms with Crippen LogP contribution in [0.15, 0.2) is 53.7 Å². The Balaban J connectivity index is 1.57. The zero-order valence-corrected chi connectivity index (χ0v) is 13.8. The van der Waals surface area contributed by atoms with Gasteiger partial charge in [-0.15, -0.1) is 0 Å². The fourth-order valence-corrected chi connectivity index (χ4v) is 3.27. The van der Waals surface area contributed by atoms with Crippen molar-refractivity contribution < 1.29 is 4.84 Å². The first-order chi connectivity index (χ1) is 11.8. The average Bonchev–Trinajstić information content (AvgIpc) is 2.66. The Morgan fingerprint density at radius 3 is 2.75 bits per heavy atom. The molecule has 24 heavy (non-hydrogen) atoms. The summed E-state index contributed by atoms with van der Waals surface area (Å²) in [6, 6.07) is 18.1. The van der Waals surface area contributed by atoms with Gasteiger partial charge in [-0.05, 0) is 53.6 Å². The molecule has 3 heteroatoms. The maximum Gasteiger partial charge on any atom is 0.142 e. The van der Waals surface area contributed by atoms with Crippen LogP contribution in [0.25, 0.3) is 0 Å². The molecule has 1 saturated carbocycles. The van der Waals surface area contributed by atoms with Crippen molar-refractivity contribution in [3.8, 4) is 6.07 Å². The standard InChI is InChI=1S/C21H22N2O/c22-14-17-6-4-8-19(12-17)16-24-23-15-18-7-5-11-21(13-18)20-9-2-1-3-10-20/h4-8,11-13,15,20H,1-3,9-10,16H2. The molecule has 3 rings (SSSR count). The Labute approximate surface area is 143 Å². The largest absolute Gasteiger partial charge is 0.391 e. The molecule has 0 unspecified atom stereocenters. The summed E-state index contributed by atoms with van der Waals surface area (Å²) in [6.07, 6.45) is 8.42. The number of rotatable bonds is 5. The van der Waals surface area contributed by atoms with E-state index in [1.54, 1.807) is 12.3 Å². The first kappa shape index (κ1) is 16.3. The molecule has 0 N–H and O–H groups in total. The first-order valence-electron chi connectivity index (χ1n) is 8.59. The monoisotopic (exact) mass is 318 g/mol. The lowest BCUT2D eigenvalue weighted by Gasteiger charge is -2.22. The maximum atomic E-state index is 8.90. The van der Waals surface area contributed by atoms with Gasteiger partial charge in [-0.2, -0.15) is 5.26 Å². The van der Waals surface area contributed by atoms with Crippen molar-refractivity contribution >= 4 is 6.21 Å². The van der Waals surface area contributed by atoms with Gasteiger partial charge in [0.05, 0.1) is 17.8 Å². The Bertz CT molecular complexity index is 739. The van der Waals surface area contributed by atoms with Gasteiger partial charge in [0.2, 0.25) is 0 Å². The van der Waals surface area contributed by atoms with E-state index >= 15 is 0 Å². The van der Waals surface area contributed by atoms with Crippen molar-refractivity contribution in [1.82, 2.24) is 0 Å². The van der Waals surface area contributed by atoms with Crippen molar-refractivity contribution in [3.05, 3.63) is 70.8 Å². The molecule has 0 spiro atoms. The van der Waals surface area contributed by atoms with Gasteiger partial charge < -0.3 is 4.84 Å². The van der Waals surface area contributed by atoms with Gasteiger partial charge in [0.15, 0.2) is 0 Å². The van der Waals surface area contributed by atoms with Crippen LogP contribution in [0.2, 0.25) is 0 Å². The number of benzene rings is 2. The second-order valence-corrected chi connectivity index (χ2v) is 6.33. The third-order valence-electron chi connectivity index (χ3n) is 4.55. The summed E-state index contributed by atoms with van der Waals surface area (Å²) < 4.78 is 0. The second-order valence-electron chi connectivity index (χ2n) is 6.33. The number of hydrogen-bond acceptors (Lipinski definition) is 3. The Morgan fingerprint density at radius 2 is 1.92 bits per heavy atom. The molecule has 0 aromatic heterocycles. The van der Waals surface area contributed by atoms with Crippen molar-refractivity contribution in [2.45, 2.75) is 44.6 Å². The van der Waals surface area contributed by atoms with E-state index in [-0.39, 0.29) is 0 Å². The highest BCUT2D eigenvalue weighted by molar-refractivity contribution is 5.79. The molecule has 2 aromatic rings. The molecule has 1 fully saturated rings. The van der Waals surface area contributed by atoms with E-state index in [2.05, 4.69) is 35.5 Å². The molecule has 0 saturated heterocycles. The molecule has 1 aliphatic rings. The van der Waals surface area contributed by atoms with Gasteiger partial charge in [0.25, 0.3) is 0 Å². The number of nitrogens with zero attached hydrogens (tertiary/aromatic N) is 2. The van der Waals surface area contributed by atoms with E-state index in [0.29, 0.717) is 18.1 Å². The molecular weight excluding hydrogens is 296 g/mol. The third-order valence-corrected chi connectivity index (χ3v) is 4.55. The van der Waals surface area contributed by atoms with Crippen molar-refractivity contribution in [3.63, 3.8) is 0 Å². The zero-order valence-electron chi connectivity index (χ0n) is 13.8. The van der Waals surface area contributed by atoms with Crippen LogP contribution in [0.1, 0.15) is 60.3 Å². The highest BCUT2D eigenvalue weighted by atomic mass is 16.6. The van der Waals surface area contributed by atoms with E-state index in [1.165, 1.54) is 37.7 Å². The van der Waals surface area contributed by atoms with Crippen LogP contribution in [0.3, 0.4) is 0 Å². The average molecular weight is 318 g/mol. The summed E-state index contributed by atoms with van der Waals surface area (Å²) in [5.41, 5.74) is 4.08. The minimum Gasteiger partial charge on any atom is -0.391 e. The SMILES string of the molecule is N#Cc1cccc(CON=Cc2cccc(C3CCCCC3)c2)c1. The van der Waals surface area contributed by atoms with Crippen molar-refractivity contribution in [2.24, 2.45) is 5.16 Å². The molecule has 1 aliphatic carbocycles. The molecule has 122 valence electrons. The molecule has 0 aliphatic heterocycles. The van der Waals surface area contributed by atoms with Gasteiger partial charge in [-0.1, -0.05) is 54.8 Å². The third kappa shape index (κ3) is 4.45. The maximum absolute atomic E-state index is 8.90. The van der Waals surface area contributed by atoms with Crippen LogP contribution in [0.5, 0.6) is 0 Å². The van der Waals surface area contributed by atoms with Gasteiger partial charge in [-0.25, -0.2) is 0 Å². The van der Waals surface area contributed by atoms with E-state index in [4.69, 9.17) is 10.1 Å². The van der Waals surface area contributed by atoms with Crippen molar-refractivity contribution in [1.29, 1.82) is 5.26 Å². The minimum absolute atomic E-state index is 0.369. The highest BCUT2D eigenvalue weighted by Gasteiger charge is 2.15. The van der Waals surface area contributed by atoms with Gasteiger partial charge in [0.1, 0.15) is 6.61 Å². The first-order valence-corrected chi connectivity index (χ1v) is 8.59. The summed E-state index contributed by atoms with van der Waals surface area (Å²) in [7, 11) is 0. The van der Waals surface area contributed by atoms with E-state index in [9.17, 15) is 0 Å². The molecule has 0 heterocycles. The van der Waals surface area contributed by atoms with E-state index in [0.717, 1.165) is 11.1 Å². The summed E-state index contributed by atoms with van der Waals surface area (Å²) in [4.78, 5) is 5.37. The smallest absolute Gasteiger partial charge is 0.142 e. The Morgan fingerprint density at radius 1 is 1.08 bits per heavy atom. The molecule has 0 atom stereocenters. The lowest BCUT2D eigenvalue weighted by Crippen LogP contribution is -2.04. The molecule has 0 bridgehead atoms. The van der Waals surface area contributed by atoms with Crippen LogP contribution < -0.4 is 0 Å². The van der Waals surface area contributed by atoms with E-state index < -0.39 is 0 Å². The van der Waals surface area contributed by atoms with Crippen LogP contribution in [-0.2, 0) is 11.4 Å². The number of nitriles is 1. The summed E-state index contributed by atoms with van der Waals surface area (Å²) in [5, 5.41) is 13.0. The van der Waals surface area contributed by atoms with Gasteiger partial charge in [0, 0.05) is 0 Å². The van der Waals surface area contributed by atoms with Crippen LogP contribution >= 0.6 is 0 Å². The summed E-state index contributed by atoms with van der Waals surface area (Å²) >= 11 is 0. The molecule has 0 amide bonds. The Hall–Kier alpha value is -2.60. The van der Waals surface area contributed by atoms with Gasteiger partial charge >= 0.3 is 0 Å². The van der Waals surface area contributed by atoms with Gasteiger partial charge in [-0.3, -0.25) is 0 Å². The normalized spacial score (nSPS) is 15.3. The van der Waals surface area contributed by atoms with E-state index in [1.807, 2.05) is 18.2 Å². The lowest BCUT2D eigenvalue weighted by molar-refractivity contribution is 0.132. The topological polar surface area (TPSA) is 45.4 Å². The second kappa shape index (κ2) is 8.31. The number of hydrogen-bond donors (Lipinski definition) is 0. The van der Waals surface area contributed by atoms with Crippen LogP contribution in [-0.4, -0.2) is 6.21 Å². The predicted octanol–water partition coefficient (Wildman–Crippen LogP) is 5.16. The Kier molecular flexibility index (Phi) is 5.63. The molecule has 2 aromatic carbocycles. The number of oxime groups is 1. The van der Waals surface area contributed by atoms with Crippen LogP contribution in [0, 0.1) is 11.3 Å². The molecule has 0 radical (unpaired) electrons. The fraction of sp³-hybridized carbons (Fsp3) is 0.333. The van der Waals surface area contributed by atoms with Crippen LogP contribution in [0.4, 0.5) is 0 Å². The summed E-state index contributed by atoms with van der Waals surface area (Å²) in [6.45, 7) is 0.369.